The second kappa shape index (κ2) is 5.72. The molecule has 0 unspecified atom stereocenters. The van der Waals surface area contributed by atoms with Crippen LogP contribution in [0.25, 0.3) is 0 Å². The molecule has 0 radical (unpaired) electrons. The summed E-state index contributed by atoms with van der Waals surface area (Å²) in [5.41, 5.74) is 3.58. The van der Waals surface area contributed by atoms with Gasteiger partial charge in [0, 0.05) is 6.04 Å². The van der Waals surface area contributed by atoms with Gasteiger partial charge in [-0.15, -0.1) is 0 Å². The number of carbonyl (C=O) groups excluding carboxylic acids is 1. The molecule has 0 aromatic heterocycles. The normalized spacial score (nSPS) is 31.0. The van der Waals surface area contributed by atoms with Crippen LogP contribution in [0.4, 0.5) is 4.79 Å². The van der Waals surface area contributed by atoms with Crippen LogP contribution in [0.2, 0.25) is 0 Å². The summed E-state index contributed by atoms with van der Waals surface area (Å²) in [6.45, 7) is 5.39. The zero-order chi connectivity index (χ0) is 16.6. The molecule has 0 aliphatic heterocycles. The van der Waals surface area contributed by atoms with Gasteiger partial charge in [0.25, 0.3) is 0 Å². The van der Waals surface area contributed by atoms with Crippen LogP contribution in [0.15, 0.2) is 0 Å². The maximum atomic E-state index is 12.3. The van der Waals surface area contributed by atoms with Crippen molar-refractivity contribution < 1.29 is 19.4 Å². The Balaban J connectivity index is 2.24. The number of rotatable bonds is 3. The standard InChI is InChI=1S/C16H28N2O4/c1-14(2,3)22-13(21)18-16(7-5-4-6-8-16)15(12(19)20)9-11(17)10-15/h11H,4-10,17H2,1-3H3,(H,18,21)(H,19,20). The molecule has 0 spiro atoms. The van der Waals surface area contributed by atoms with Crippen LogP contribution in [0.3, 0.4) is 0 Å². The van der Waals surface area contributed by atoms with Crippen LogP contribution < -0.4 is 11.1 Å². The number of alkyl carbamates (subject to hydrolysis) is 1. The van der Waals surface area contributed by atoms with Gasteiger partial charge in [-0.1, -0.05) is 19.3 Å². The number of carboxylic acids is 1. The van der Waals surface area contributed by atoms with E-state index >= 15 is 0 Å². The number of hydrogen-bond donors (Lipinski definition) is 3. The summed E-state index contributed by atoms with van der Waals surface area (Å²) in [4.78, 5) is 24.2. The summed E-state index contributed by atoms with van der Waals surface area (Å²) in [5.74, 6) is -0.854. The summed E-state index contributed by atoms with van der Waals surface area (Å²) in [7, 11) is 0. The smallest absolute Gasteiger partial charge is 0.408 e. The van der Waals surface area contributed by atoms with E-state index in [1.807, 2.05) is 0 Å². The molecule has 22 heavy (non-hydrogen) atoms. The first kappa shape index (κ1) is 17.1. The molecular weight excluding hydrogens is 284 g/mol. The Hall–Kier alpha value is -1.30. The fourth-order valence-electron chi connectivity index (χ4n) is 3.98. The van der Waals surface area contributed by atoms with Crippen LogP contribution in [-0.4, -0.2) is 34.4 Å². The Morgan fingerprint density at radius 2 is 1.73 bits per heavy atom. The highest BCUT2D eigenvalue weighted by molar-refractivity contribution is 5.80. The lowest BCUT2D eigenvalue weighted by Crippen LogP contribution is -2.70. The van der Waals surface area contributed by atoms with Crippen molar-refractivity contribution >= 4 is 12.1 Å². The first-order valence-electron chi connectivity index (χ1n) is 8.10. The highest BCUT2D eigenvalue weighted by Crippen LogP contribution is 2.54. The quantitative estimate of drug-likeness (QED) is 0.742. The van der Waals surface area contributed by atoms with Gasteiger partial charge in [-0.3, -0.25) is 4.79 Å². The Labute approximate surface area is 131 Å². The molecule has 0 aromatic rings. The van der Waals surface area contributed by atoms with Gasteiger partial charge in [0.05, 0.1) is 11.0 Å². The van der Waals surface area contributed by atoms with Crippen LogP contribution >= 0.6 is 0 Å². The van der Waals surface area contributed by atoms with Crippen LogP contribution in [0.1, 0.15) is 65.7 Å². The highest BCUT2D eigenvalue weighted by atomic mass is 16.6. The first-order chi connectivity index (χ1) is 10.1. The maximum Gasteiger partial charge on any atom is 0.408 e. The predicted molar refractivity (Wildman–Crippen MR) is 82.5 cm³/mol. The van der Waals surface area contributed by atoms with Crippen molar-refractivity contribution in [3.63, 3.8) is 0 Å². The molecule has 2 aliphatic rings. The van der Waals surface area contributed by atoms with Gasteiger partial charge < -0.3 is 20.9 Å². The van der Waals surface area contributed by atoms with E-state index in [2.05, 4.69) is 5.32 Å². The molecule has 0 saturated heterocycles. The average molecular weight is 312 g/mol. The lowest BCUT2D eigenvalue weighted by Gasteiger charge is -2.57. The van der Waals surface area contributed by atoms with E-state index in [9.17, 15) is 14.7 Å². The summed E-state index contributed by atoms with van der Waals surface area (Å²) >= 11 is 0. The minimum Gasteiger partial charge on any atom is -0.481 e. The Kier molecular flexibility index (Phi) is 4.44. The number of ether oxygens (including phenoxy) is 1. The molecule has 2 saturated carbocycles. The molecule has 4 N–H and O–H groups in total. The molecular formula is C16H28N2O4. The van der Waals surface area contributed by atoms with Crippen LogP contribution in [0.5, 0.6) is 0 Å². The molecule has 0 aromatic carbocycles. The average Bonchev–Trinajstić information content (AvgIpc) is 2.32. The van der Waals surface area contributed by atoms with Gasteiger partial charge in [-0.25, -0.2) is 4.79 Å². The molecule has 2 fully saturated rings. The Morgan fingerprint density at radius 3 is 2.14 bits per heavy atom. The number of nitrogens with two attached hydrogens (primary N) is 1. The number of carboxylic acid groups (broad SMARTS) is 1. The summed E-state index contributed by atoms with van der Waals surface area (Å²) in [6, 6.07) is -0.102. The van der Waals surface area contributed by atoms with Crippen molar-refractivity contribution in [3.8, 4) is 0 Å². The van der Waals surface area contributed by atoms with Gasteiger partial charge in [-0.2, -0.15) is 0 Å². The number of carbonyl (C=O) groups is 2. The van der Waals surface area contributed by atoms with Crippen LogP contribution in [-0.2, 0) is 9.53 Å². The molecule has 0 atom stereocenters. The van der Waals surface area contributed by atoms with E-state index in [0.717, 1.165) is 19.3 Å². The number of nitrogens with one attached hydrogen (secondary N) is 1. The van der Waals surface area contributed by atoms with Crippen molar-refractivity contribution in [3.05, 3.63) is 0 Å². The van der Waals surface area contributed by atoms with Crippen molar-refractivity contribution in [1.82, 2.24) is 5.32 Å². The fraction of sp³-hybridized carbons (Fsp3) is 0.875. The summed E-state index contributed by atoms with van der Waals surface area (Å²) in [6.07, 6.45) is 4.54. The molecule has 126 valence electrons. The van der Waals surface area contributed by atoms with Gasteiger partial charge in [0.1, 0.15) is 5.60 Å². The van der Waals surface area contributed by atoms with Crippen molar-refractivity contribution in [2.45, 2.75) is 82.9 Å². The number of aliphatic carboxylic acids is 1. The number of amides is 1. The van der Waals surface area contributed by atoms with Gasteiger partial charge in [-0.05, 0) is 46.5 Å². The SMILES string of the molecule is CC(C)(C)OC(=O)NC1(C2(C(=O)O)CC(N)C2)CCCCC1. The maximum absolute atomic E-state index is 12.3. The molecule has 0 heterocycles. The van der Waals surface area contributed by atoms with Gasteiger partial charge >= 0.3 is 12.1 Å². The van der Waals surface area contributed by atoms with Crippen molar-refractivity contribution in [1.29, 1.82) is 0 Å². The molecule has 6 nitrogen and oxygen atoms in total. The van der Waals surface area contributed by atoms with Crippen molar-refractivity contribution in [2.75, 3.05) is 0 Å². The van der Waals surface area contributed by atoms with Gasteiger partial charge in [0.15, 0.2) is 0 Å². The Morgan fingerprint density at radius 1 is 1.18 bits per heavy atom. The lowest BCUT2D eigenvalue weighted by molar-refractivity contribution is -0.167. The Bertz CT molecular complexity index is 444. The highest BCUT2D eigenvalue weighted by Gasteiger charge is 2.63. The molecule has 1 amide bonds. The van der Waals surface area contributed by atoms with Gasteiger partial charge in [0.2, 0.25) is 0 Å². The topological polar surface area (TPSA) is 102 Å². The fourth-order valence-corrected chi connectivity index (χ4v) is 3.98. The third kappa shape index (κ3) is 3.07. The van der Waals surface area contributed by atoms with E-state index in [1.54, 1.807) is 20.8 Å². The first-order valence-corrected chi connectivity index (χ1v) is 8.10. The molecule has 0 bridgehead atoms. The van der Waals surface area contributed by atoms with E-state index in [1.165, 1.54) is 0 Å². The zero-order valence-electron chi connectivity index (χ0n) is 13.8. The summed E-state index contributed by atoms with van der Waals surface area (Å²) in [5, 5.41) is 12.8. The largest absolute Gasteiger partial charge is 0.481 e. The van der Waals surface area contributed by atoms with E-state index < -0.39 is 28.6 Å². The monoisotopic (exact) mass is 312 g/mol. The van der Waals surface area contributed by atoms with E-state index in [0.29, 0.717) is 25.7 Å². The van der Waals surface area contributed by atoms with Crippen LogP contribution in [0, 0.1) is 5.41 Å². The molecule has 6 heteroatoms. The second-order valence-corrected chi connectivity index (χ2v) is 7.83. The van der Waals surface area contributed by atoms with E-state index in [4.69, 9.17) is 10.5 Å². The zero-order valence-corrected chi connectivity index (χ0v) is 13.8. The number of hydrogen-bond acceptors (Lipinski definition) is 4. The summed E-state index contributed by atoms with van der Waals surface area (Å²) < 4.78 is 5.36. The van der Waals surface area contributed by atoms with Crippen molar-refractivity contribution in [2.24, 2.45) is 11.1 Å². The minimum atomic E-state index is -0.955. The molecule has 2 rings (SSSR count). The van der Waals surface area contributed by atoms with E-state index in [-0.39, 0.29) is 6.04 Å². The third-order valence-corrected chi connectivity index (χ3v) is 4.99. The predicted octanol–water partition coefficient (Wildman–Crippen LogP) is 2.41. The minimum absolute atomic E-state index is 0.102. The third-order valence-electron chi connectivity index (χ3n) is 4.99. The second-order valence-electron chi connectivity index (χ2n) is 7.83. The molecule has 2 aliphatic carbocycles. The lowest BCUT2D eigenvalue weighted by atomic mass is 9.51.